The predicted molar refractivity (Wildman–Crippen MR) is 84.3 cm³/mol. The van der Waals surface area contributed by atoms with Gasteiger partial charge in [0.2, 0.25) is 0 Å². The molecule has 3 fully saturated rings. The topological polar surface area (TPSA) is 38.5 Å². The summed E-state index contributed by atoms with van der Waals surface area (Å²) in [5.41, 5.74) is 9.11. The lowest BCUT2D eigenvalue weighted by Crippen LogP contribution is -2.51. The minimum absolute atomic E-state index is 0.359. The molecule has 2 saturated carbocycles. The summed E-state index contributed by atoms with van der Waals surface area (Å²) >= 11 is 0. The van der Waals surface area contributed by atoms with Crippen molar-refractivity contribution in [2.24, 2.45) is 5.73 Å². The smallest absolute Gasteiger partial charge is 0.0731 e. The first-order chi connectivity index (χ1) is 10.4. The zero-order valence-corrected chi connectivity index (χ0v) is 12.7. The van der Waals surface area contributed by atoms with Crippen molar-refractivity contribution in [3.63, 3.8) is 0 Å². The first-order valence-corrected chi connectivity index (χ1v) is 8.54. The zero-order chi connectivity index (χ0) is 14.2. The van der Waals surface area contributed by atoms with Gasteiger partial charge in [0.15, 0.2) is 0 Å². The normalized spacial score (nSPS) is 31.1. The minimum atomic E-state index is 0.359. The lowest BCUT2D eigenvalue weighted by molar-refractivity contribution is -0.0711. The molecule has 0 radical (unpaired) electrons. The average molecular weight is 286 g/mol. The van der Waals surface area contributed by atoms with Crippen LogP contribution in [0.3, 0.4) is 0 Å². The van der Waals surface area contributed by atoms with Gasteiger partial charge in [0, 0.05) is 25.2 Å². The number of hydrogen-bond acceptors (Lipinski definition) is 3. The molecule has 0 spiro atoms. The number of hydrogen-bond donors (Lipinski definition) is 1. The highest BCUT2D eigenvalue weighted by Gasteiger charge is 2.39. The molecular weight excluding hydrogens is 260 g/mol. The molecule has 1 heterocycles. The summed E-state index contributed by atoms with van der Waals surface area (Å²) in [6, 6.07) is 10.1. The van der Waals surface area contributed by atoms with E-state index in [9.17, 15) is 0 Å². The monoisotopic (exact) mass is 286 g/mol. The summed E-state index contributed by atoms with van der Waals surface area (Å²) in [6.45, 7) is 2.59. The first kappa shape index (κ1) is 13.7. The van der Waals surface area contributed by atoms with Crippen molar-refractivity contribution in [2.75, 3.05) is 19.7 Å². The maximum atomic E-state index is 6.18. The van der Waals surface area contributed by atoms with Gasteiger partial charge in [-0.15, -0.1) is 0 Å². The molecule has 1 aromatic rings. The van der Waals surface area contributed by atoms with Crippen LogP contribution in [0.15, 0.2) is 24.3 Å². The van der Waals surface area contributed by atoms with E-state index < -0.39 is 0 Å². The van der Waals surface area contributed by atoms with Crippen molar-refractivity contribution >= 4 is 0 Å². The maximum absolute atomic E-state index is 6.18. The molecule has 21 heavy (non-hydrogen) atoms. The van der Waals surface area contributed by atoms with Crippen LogP contribution in [0.5, 0.6) is 0 Å². The molecule has 114 valence electrons. The number of nitrogens with zero attached hydrogens (tertiary/aromatic N) is 1. The van der Waals surface area contributed by atoms with Crippen LogP contribution in [0, 0.1) is 0 Å². The van der Waals surface area contributed by atoms with Crippen LogP contribution >= 0.6 is 0 Å². The fraction of sp³-hybridized carbons (Fsp3) is 0.667. The van der Waals surface area contributed by atoms with Gasteiger partial charge in [-0.25, -0.2) is 0 Å². The lowest BCUT2D eigenvalue weighted by Gasteiger charge is -2.42. The van der Waals surface area contributed by atoms with Gasteiger partial charge < -0.3 is 10.5 Å². The molecule has 3 nitrogen and oxygen atoms in total. The molecule has 1 aliphatic heterocycles. The second-order valence-electron chi connectivity index (χ2n) is 6.84. The van der Waals surface area contributed by atoms with Gasteiger partial charge in [-0.3, -0.25) is 4.90 Å². The molecule has 2 aliphatic carbocycles. The Morgan fingerprint density at radius 1 is 1.24 bits per heavy atom. The number of ether oxygens (including phenoxy) is 1. The van der Waals surface area contributed by atoms with Gasteiger partial charge in [0.25, 0.3) is 0 Å². The van der Waals surface area contributed by atoms with Crippen molar-refractivity contribution in [1.82, 2.24) is 4.90 Å². The quantitative estimate of drug-likeness (QED) is 0.925. The van der Waals surface area contributed by atoms with Crippen molar-refractivity contribution in [2.45, 2.75) is 56.2 Å². The second kappa shape index (κ2) is 5.71. The van der Waals surface area contributed by atoms with Crippen LogP contribution in [0.4, 0.5) is 0 Å². The number of benzene rings is 1. The number of morpholine rings is 1. The van der Waals surface area contributed by atoms with E-state index in [1.165, 1.54) is 43.2 Å². The molecule has 1 aromatic carbocycles. The molecule has 3 heteroatoms. The Balaban J connectivity index is 1.59. The summed E-state index contributed by atoms with van der Waals surface area (Å²) in [5.74, 6) is 0.812. The number of fused-ring (bicyclic) bond motifs is 1. The van der Waals surface area contributed by atoms with Gasteiger partial charge >= 0.3 is 0 Å². The van der Waals surface area contributed by atoms with E-state index >= 15 is 0 Å². The third-order valence-electron chi connectivity index (χ3n) is 5.49. The van der Waals surface area contributed by atoms with Crippen molar-refractivity contribution in [3.05, 3.63) is 35.4 Å². The molecular formula is C18H26N2O. The highest BCUT2D eigenvalue weighted by Crippen LogP contribution is 2.41. The Morgan fingerprint density at radius 2 is 2.14 bits per heavy atom. The number of rotatable bonds is 4. The van der Waals surface area contributed by atoms with Crippen LogP contribution in [-0.4, -0.2) is 36.7 Å². The Bertz CT molecular complexity index is 500. The molecule has 1 saturated heterocycles. The molecule has 3 aliphatic rings. The third-order valence-corrected chi connectivity index (χ3v) is 5.49. The first-order valence-electron chi connectivity index (χ1n) is 8.54. The Hall–Kier alpha value is -0.900. The average Bonchev–Trinajstić information content (AvgIpc) is 3.26. The summed E-state index contributed by atoms with van der Waals surface area (Å²) in [5, 5.41) is 0. The van der Waals surface area contributed by atoms with Gasteiger partial charge in [-0.1, -0.05) is 24.3 Å². The van der Waals surface area contributed by atoms with Crippen molar-refractivity contribution in [3.8, 4) is 0 Å². The summed E-state index contributed by atoms with van der Waals surface area (Å²) in [6.07, 6.45) is 6.95. The molecule has 3 atom stereocenters. The summed E-state index contributed by atoms with van der Waals surface area (Å²) in [7, 11) is 0. The fourth-order valence-corrected chi connectivity index (χ4v) is 4.24. The van der Waals surface area contributed by atoms with E-state index in [1.54, 1.807) is 0 Å². The van der Waals surface area contributed by atoms with Crippen LogP contribution < -0.4 is 5.73 Å². The minimum Gasteiger partial charge on any atom is -0.375 e. The van der Waals surface area contributed by atoms with Crippen molar-refractivity contribution < 1.29 is 4.74 Å². The number of nitrogens with two attached hydrogens (primary N) is 1. The van der Waals surface area contributed by atoms with E-state index in [0.717, 1.165) is 19.1 Å². The maximum Gasteiger partial charge on any atom is 0.0731 e. The van der Waals surface area contributed by atoms with Gasteiger partial charge in [0.05, 0.1) is 12.7 Å². The van der Waals surface area contributed by atoms with Gasteiger partial charge in [-0.2, -0.15) is 0 Å². The Kier molecular flexibility index (Phi) is 3.74. The molecule has 0 bridgehead atoms. The Labute approximate surface area is 127 Å². The molecule has 0 amide bonds. The van der Waals surface area contributed by atoms with Crippen molar-refractivity contribution in [1.29, 1.82) is 0 Å². The lowest BCUT2D eigenvalue weighted by atomic mass is 9.98. The van der Waals surface area contributed by atoms with Crippen LogP contribution in [-0.2, 0) is 4.74 Å². The highest BCUT2D eigenvalue weighted by molar-refractivity contribution is 5.31. The van der Waals surface area contributed by atoms with E-state index in [2.05, 4.69) is 29.2 Å². The molecule has 2 N–H and O–H groups in total. The predicted octanol–water partition coefficient (Wildman–Crippen LogP) is 2.82. The highest BCUT2D eigenvalue weighted by atomic mass is 16.5. The summed E-state index contributed by atoms with van der Waals surface area (Å²) in [4.78, 5) is 2.63. The molecule has 3 unspecified atom stereocenters. The SMILES string of the molecule is NCC(c1cccc(C2CC2)c1)N1CCOC2CCCC21. The third kappa shape index (κ3) is 2.63. The van der Waals surface area contributed by atoms with E-state index in [1.807, 2.05) is 0 Å². The van der Waals surface area contributed by atoms with Gasteiger partial charge in [-0.05, 0) is 49.1 Å². The largest absolute Gasteiger partial charge is 0.375 e. The molecule has 4 rings (SSSR count). The Morgan fingerprint density at radius 3 is 2.95 bits per heavy atom. The van der Waals surface area contributed by atoms with E-state index in [0.29, 0.717) is 24.7 Å². The zero-order valence-electron chi connectivity index (χ0n) is 12.7. The summed E-state index contributed by atoms with van der Waals surface area (Å²) < 4.78 is 5.95. The fourth-order valence-electron chi connectivity index (χ4n) is 4.24. The second-order valence-corrected chi connectivity index (χ2v) is 6.84. The van der Waals surface area contributed by atoms with Crippen LogP contribution in [0.25, 0.3) is 0 Å². The van der Waals surface area contributed by atoms with Crippen LogP contribution in [0.1, 0.15) is 55.2 Å². The van der Waals surface area contributed by atoms with Gasteiger partial charge in [0.1, 0.15) is 0 Å². The van der Waals surface area contributed by atoms with E-state index in [4.69, 9.17) is 10.5 Å². The standard InChI is InChI=1S/C18H26N2O/c19-12-17(15-4-1-3-14(11-15)13-7-8-13)20-9-10-21-18-6-2-5-16(18)20/h1,3-4,11,13,16-18H,2,5-10,12,19H2. The van der Waals surface area contributed by atoms with Crippen LogP contribution in [0.2, 0.25) is 0 Å². The van der Waals surface area contributed by atoms with E-state index in [-0.39, 0.29) is 0 Å². The molecule has 0 aromatic heterocycles.